The molecule has 3 heteroatoms. The molecule has 1 rings (SSSR count). The molecule has 0 aromatic heterocycles. The highest BCUT2D eigenvalue weighted by Gasteiger charge is 2.09. The van der Waals surface area contributed by atoms with E-state index >= 15 is 0 Å². The van der Waals surface area contributed by atoms with E-state index in [4.69, 9.17) is 9.47 Å². The molecule has 0 N–H and O–H groups in total. The van der Waals surface area contributed by atoms with Crippen molar-refractivity contribution in [2.75, 3.05) is 34.4 Å². The van der Waals surface area contributed by atoms with Crippen molar-refractivity contribution in [3.8, 4) is 5.75 Å². The van der Waals surface area contributed by atoms with Crippen LogP contribution in [0.3, 0.4) is 0 Å². The monoisotopic (exact) mass is 586 g/mol. The molecular weight excluding hydrogens is 514 g/mol. The number of hydrogen-bond acceptors (Lipinski definition) is 3. The van der Waals surface area contributed by atoms with Gasteiger partial charge in [-0.2, -0.15) is 0 Å². The van der Waals surface area contributed by atoms with E-state index in [-0.39, 0.29) is 0 Å². The minimum absolute atomic E-state index is 0.698. The molecule has 0 spiro atoms. The van der Waals surface area contributed by atoms with Crippen LogP contribution >= 0.6 is 0 Å². The van der Waals surface area contributed by atoms with Crippen LogP contribution in [0.15, 0.2) is 36.4 Å². The molecule has 0 aliphatic heterocycles. The highest BCUT2D eigenvalue weighted by molar-refractivity contribution is 5.26. The van der Waals surface area contributed by atoms with E-state index in [1.807, 2.05) is 12.1 Å². The molecule has 1 aromatic rings. The van der Waals surface area contributed by atoms with Crippen LogP contribution in [0.1, 0.15) is 160 Å². The van der Waals surface area contributed by atoms with E-state index in [0.29, 0.717) is 6.61 Å². The fraction of sp³-hybridized carbons (Fsp3) is 0.795. The van der Waals surface area contributed by atoms with E-state index in [1.165, 1.54) is 153 Å². The summed E-state index contributed by atoms with van der Waals surface area (Å²) in [6, 6.07) is 8.15. The number of benzene rings is 1. The molecule has 0 aliphatic carbocycles. The molecule has 0 amide bonds. The van der Waals surface area contributed by atoms with Crippen LogP contribution in [0.2, 0.25) is 0 Å². The first-order chi connectivity index (χ1) is 20.7. The van der Waals surface area contributed by atoms with Crippen molar-refractivity contribution in [1.29, 1.82) is 0 Å². The van der Waals surface area contributed by atoms with Gasteiger partial charge in [-0.15, -0.1) is 0 Å². The van der Waals surface area contributed by atoms with Crippen molar-refractivity contribution in [3.63, 3.8) is 0 Å². The summed E-state index contributed by atoms with van der Waals surface area (Å²) in [5, 5.41) is 0. The predicted octanol–water partition coefficient (Wildman–Crippen LogP) is 11.9. The van der Waals surface area contributed by atoms with Gasteiger partial charge in [0.15, 0.2) is 0 Å². The molecule has 0 radical (unpaired) electrons. The van der Waals surface area contributed by atoms with Gasteiger partial charge in [0, 0.05) is 6.61 Å². The molecule has 3 nitrogen and oxygen atoms in total. The maximum Gasteiger partial charge on any atom is 0.118 e. The van der Waals surface area contributed by atoms with Gasteiger partial charge in [0.1, 0.15) is 5.75 Å². The quantitative estimate of drug-likeness (QED) is 0.0639. The van der Waals surface area contributed by atoms with Crippen molar-refractivity contribution < 1.29 is 9.47 Å². The summed E-state index contributed by atoms with van der Waals surface area (Å²) in [6.45, 7) is 5.13. The van der Waals surface area contributed by atoms with Gasteiger partial charge in [-0.05, 0) is 82.8 Å². The Morgan fingerprint density at radius 3 is 1.64 bits per heavy atom. The molecule has 1 atom stereocenters. The number of nitrogens with zero attached hydrogens (tertiary/aromatic N) is 1. The average molecular weight is 586 g/mol. The number of allylic oxidation sites excluding steroid dienone is 2. The Bertz CT molecular complexity index is 699. The Labute approximate surface area is 263 Å². The fourth-order valence-corrected chi connectivity index (χ4v) is 5.81. The predicted molar refractivity (Wildman–Crippen MR) is 186 cm³/mol. The van der Waals surface area contributed by atoms with Gasteiger partial charge in [0.05, 0.1) is 13.7 Å². The summed E-state index contributed by atoms with van der Waals surface area (Å²) in [6.07, 6.45) is 36.8. The zero-order chi connectivity index (χ0) is 30.4. The van der Waals surface area contributed by atoms with Gasteiger partial charge in [0.2, 0.25) is 0 Å². The third-order valence-corrected chi connectivity index (χ3v) is 8.69. The molecule has 0 saturated carbocycles. The average Bonchev–Trinajstić information content (AvgIpc) is 3.00. The third kappa shape index (κ3) is 25.2. The smallest absolute Gasteiger partial charge is 0.118 e. The van der Waals surface area contributed by atoms with E-state index in [1.54, 1.807) is 7.11 Å². The molecule has 244 valence electrons. The highest BCUT2D eigenvalue weighted by atomic mass is 16.5. The van der Waals surface area contributed by atoms with Gasteiger partial charge in [-0.25, -0.2) is 0 Å². The first-order valence-corrected chi connectivity index (χ1v) is 18.2. The lowest BCUT2D eigenvalue weighted by atomic mass is 9.91. The lowest BCUT2D eigenvalue weighted by Gasteiger charge is -2.19. The summed E-state index contributed by atoms with van der Waals surface area (Å²) >= 11 is 0. The second-order valence-electron chi connectivity index (χ2n) is 13.0. The summed E-state index contributed by atoms with van der Waals surface area (Å²) in [4.78, 5) is 2.37. The van der Waals surface area contributed by atoms with Gasteiger partial charge in [-0.1, -0.05) is 140 Å². The van der Waals surface area contributed by atoms with Gasteiger partial charge >= 0.3 is 0 Å². The lowest BCUT2D eigenvalue weighted by Crippen LogP contribution is -2.17. The van der Waals surface area contributed by atoms with Gasteiger partial charge in [-0.3, -0.25) is 0 Å². The van der Waals surface area contributed by atoms with Crippen molar-refractivity contribution in [3.05, 3.63) is 42.0 Å². The number of rotatable bonds is 31. The van der Waals surface area contributed by atoms with E-state index in [0.717, 1.165) is 24.7 Å². The molecule has 0 aliphatic rings. The summed E-state index contributed by atoms with van der Waals surface area (Å²) in [5.74, 6) is 1.86. The van der Waals surface area contributed by atoms with Crippen LogP contribution in [0.4, 0.5) is 0 Å². The van der Waals surface area contributed by atoms with Gasteiger partial charge < -0.3 is 14.4 Å². The standard InChI is InChI=1S/C39H71NO2/c1-5-6-7-8-18-21-24-27-37(33-34-40(2)3)28-25-22-19-16-14-12-10-9-11-13-15-17-20-23-26-35-42-36-38-29-31-39(41-4)32-30-38/h11,13,29-32,37H,5-10,12,14-28,33-36H2,1-4H3/b13-11-. The number of methoxy groups -OCH3 is 1. The molecule has 1 unspecified atom stereocenters. The molecule has 0 heterocycles. The normalized spacial score (nSPS) is 12.5. The Hall–Kier alpha value is -1.32. The summed E-state index contributed by atoms with van der Waals surface area (Å²) in [7, 11) is 6.16. The number of hydrogen-bond donors (Lipinski definition) is 0. The van der Waals surface area contributed by atoms with E-state index < -0.39 is 0 Å². The second kappa shape index (κ2) is 29.7. The topological polar surface area (TPSA) is 21.7 Å². The molecule has 0 saturated heterocycles. The molecule has 0 fully saturated rings. The van der Waals surface area contributed by atoms with E-state index in [2.05, 4.69) is 50.2 Å². The largest absolute Gasteiger partial charge is 0.497 e. The lowest BCUT2D eigenvalue weighted by molar-refractivity contribution is 0.116. The van der Waals surface area contributed by atoms with Crippen molar-refractivity contribution in [2.45, 2.75) is 161 Å². The maximum atomic E-state index is 5.81. The van der Waals surface area contributed by atoms with Crippen molar-refractivity contribution in [1.82, 2.24) is 4.90 Å². The fourth-order valence-electron chi connectivity index (χ4n) is 5.81. The molecular formula is C39H71NO2. The minimum Gasteiger partial charge on any atom is -0.497 e. The Morgan fingerprint density at radius 2 is 1.12 bits per heavy atom. The van der Waals surface area contributed by atoms with Crippen LogP contribution in [-0.4, -0.2) is 39.3 Å². The van der Waals surface area contributed by atoms with Crippen LogP contribution in [0, 0.1) is 5.92 Å². The Kier molecular flexibility index (Phi) is 27.4. The highest BCUT2D eigenvalue weighted by Crippen LogP contribution is 2.22. The molecule has 0 bridgehead atoms. The van der Waals surface area contributed by atoms with E-state index in [9.17, 15) is 0 Å². The van der Waals surface area contributed by atoms with Crippen LogP contribution in [0.25, 0.3) is 0 Å². The number of ether oxygens (including phenoxy) is 2. The summed E-state index contributed by atoms with van der Waals surface area (Å²) in [5.41, 5.74) is 1.21. The summed E-state index contributed by atoms with van der Waals surface area (Å²) < 4.78 is 11.0. The first-order valence-electron chi connectivity index (χ1n) is 18.2. The zero-order valence-electron chi connectivity index (χ0n) is 28.7. The Balaban J connectivity index is 1.88. The SMILES string of the molecule is CCCCCCCCCC(CCCCCCCCC/C=C\CCCCCCOCc1ccc(OC)cc1)CCN(C)C. The van der Waals surface area contributed by atoms with Crippen LogP contribution in [-0.2, 0) is 11.3 Å². The van der Waals surface area contributed by atoms with Crippen molar-refractivity contribution in [2.24, 2.45) is 5.92 Å². The molecule has 1 aromatic carbocycles. The first kappa shape index (κ1) is 38.7. The third-order valence-electron chi connectivity index (χ3n) is 8.69. The zero-order valence-corrected chi connectivity index (χ0v) is 28.7. The van der Waals surface area contributed by atoms with Crippen LogP contribution < -0.4 is 4.74 Å². The number of unbranched alkanes of at least 4 members (excludes halogenated alkanes) is 17. The maximum absolute atomic E-state index is 5.81. The second-order valence-corrected chi connectivity index (χ2v) is 13.0. The molecule has 42 heavy (non-hydrogen) atoms. The van der Waals surface area contributed by atoms with Gasteiger partial charge in [0.25, 0.3) is 0 Å². The van der Waals surface area contributed by atoms with Crippen LogP contribution in [0.5, 0.6) is 5.75 Å². The Morgan fingerprint density at radius 1 is 0.619 bits per heavy atom. The van der Waals surface area contributed by atoms with Crippen molar-refractivity contribution >= 4 is 0 Å². The minimum atomic E-state index is 0.698.